The smallest absolute Gasteiger partial charge is 0.0940 e. The summed E-state index contributed by atoms with van der Waals surface area (Å²) in [5, 5.41) is 20.0. The molecule has 1 atom stereocenters. The van der Waals surface area contributed by atoms with Gasteiger partial charge in [0.05, 0.1) is 11.9 Å². The van der Waals surface area contributed by atoms with Gasteiger partial charge >= 0.3 is 0 Å². The molecule has 0 bridgehead atoms. The van der Waals surface area contributed by atoms with Gasteiger partial charge in [-0.2, -0.15) is 0 Å². The highest BCUT2D eigenvalue weighted by Crippen LogP contribution is 2.31. The van der Waals surface area contributed by atoms with Crippen LogP contribution >= 0.6 is 0 Å². The second-order valence-corrected chi connectivity index (χ2v) is 6.13. The summed E-state index contributed by atoms with van der Waals surface area (Å²) in [6, 6.07) is 0. The molecule has 0 aliphatic heterocycles. The third-order valence-corrected chi connectivity index (χ3v) is 4.27. The van der Waals surface area contributed by atoms with Gasteiger partial charge in [0.25, 0.3) is 0 Å². The highest BCUT2D eigenvalue weighted by atomic mass is 16.3. The van der Waals surface area contributed by atoms with Gasteiger partial charge in [-0.1, -0.05) is 52.9 Å². The number of aliphatic hydroxyl groups excluding tert-OH is 2. The molecule has 2 N–H and O–H groups in total. The summed E-state index contributed by atoms with van der Waals surface area (Å²) in [6.07, 6.45) is 8.63. The zero-order valence-corrected chi connectivity index (χ0v) is 12.3. The Balaban J connectivity index is 2.55. The molecule has 1 aliphatic rings. The number of rotatable bonds is 6. The van der Waals surface area contributed by atoms with Crippen LogP contribution in [0, 0.1) is 11.8 Å². The van der Waals surface area contributed by atoms with Crippen LogP contribution in [0.4, 0.5) is 0 Å². The molecule has 1 saturated carbocycles. The fourth-order valence-corrected chi connectivity index (χ4v) is 2.78. The molecule has 106 valence electrons. The number of allylic oxidation sites excluding steroid dienone is 1. The zero-order chi connectivity index (χ0) is 13.5. The molecule has 18 heavy (non-hydrogen) atoms. The minimum absolute atomic E-state index is 0.208. The molecule has 0 radical (unpaired) electrons. The lowest BCUT2D eigenvalue weighted by molar-refractivity contribution is 0.111. The van der Waals surface area contributed by atoms with E-state index in [0.717, 1.165) is 18.8 Å². The van der Waals surface area contributed by atoms with Gasteiger partial charge in [0.15, 0.2) is 0 Å². The van der Waals surface area contributed by atoms with Crippen LogP contribution in [0.3, 0.4) is 0 Å². The maximum Gasteiger partial charge on any atom is 0.0940 e. The maximum absolute atomic E-state index is 10.2. The first-order chi connectivity index (χ1) is 8.54. The van der Waals surface area contributed by atoms with Crippen molar-refractivity contribution in [3.63, 3.8) is 0 Å². The van der Waals surface area contributed by atoms with Crippen molar-refractivity contribution in [1.82, 2.24) is 0 Å². The summed E-state index contributed by atoms with van der Waals surface area (Å²) in [6.45, 7) is 6.09. The van der Waals surface area contributed by atoms with Crippen molar-refractivity contribution >= 4 is 0 Å². The molecule has 1 unspecified atom stereocenters. The van der Waals surface area contributed by atoms with Crippen molar-refractivity contribution in [3.8, 4) is 0 Å². The number of hydrogen-bond acceptors (Lipinski definition) is 2. The molecule has 1 rings (SSSR count). The van der Waals surface area contributed by atoms with E-state index in [1.165, 1.54) is 37.7 Å². The lowest BCUT2D eigenvalue weighted by Crippen LogP contribution is -2.16. The number of aliphatic hydroxyl groups is 2. The van der Waals surface area contributed by atoms with E-state index >= 15 is 0 Å². The second kappa shape index (κ2) is 7.83. The fraction of sp³-hybridized carbons (Fsp3) is 0.875. The first-order valence-corrected chi connectivity index (χ1v) is 7.62. The molecular weight excluding hydrogens is 224 g/mol. The Hall–Kier alpha value is -0.500. The van der Waals surface area contributed by atoms with Gasteiger partial charge in [0, 0.05) is 6.42 Å². The summed E-state index contributed by atoms with van der Waals surface area (Å²) in [5.74, 6) is 1.41. The van der Waals surface area contributed by atoms with Crippen LogP contribution in [0.15, 0.2) is 11.3 Å². The summed E-state index contributed by atoms with van der Waals surface area (Å²) >= 11 is 0. The molecule has 0 aromatic carbocycles. The monoisotopic (exact) mass is 254 g/mol. The molecular formula is C16H30O2. The van der Waals surface area contributed by atoms with E-state index in [-0.39, 0.29) is 5.92 Å². The Morgan fingerprint density at radius 2 is 1.78 bits per heavy atom. The zero-order valence-electron chi connectivity index (χ0n) is 12.3. The Bertz CT molecular complexity index is 262. The molecule has 0 aromatic heterocycles. The Labute approximate surface area is 112 Å². The molecule has 0 amide bonds. The van der Waals surface area contributed by atoms with E-state index in [1.54, 1.807) is 0 Å². The van der Waals surface area contributed by atoms with Crippen molar-refractivity contribution in [1.29, 1.82) is 0 Å². The van der Waals surface area contributed by atoms with Gasteiger partial charge in [-0.25, -0.2) is 0 Å². The van der Waals surface area contributed by atoms with Crippen LogP contribution in [-0.4, -0.2) is 16.3 Å². The minimum Gasteiger partial charge on any atom is -0.512 e. The predicted molar refractivity (Wildman–Crippen MR) is 76.6 cm³/mol. The van der Waals surface area contributed by atoms with Gasteiger partial charge in [0.1, 0.15) is 0 Å². The highest BCUT2D eigenvalue weighted by Gasteiger charge is 2.18. The first kappa shape index (κ1) is 15.6. The molecule has 0 aromatic rings. The normalized spacial score (nSPS) is 20.9. The van der Waals surface area contributed by atoms with E-state index in [1.807, 2.05) is 13.8 Å². The molecule has 0 heterocycles. The molecule has 0 spiro atoms. The Morgan fingerprint density at radius 1 is 1.17 bits per heavy atom. The SMILES string of the molecule is CC/C(CC1CCCCC1)=C(\O)CC(O)C(C)C. The summed E-state index contributed by atoms with van der Waals surface area (Å²) in [4.78, 5) is 0. The van der Waals surface area contributed by atoms with Gasteiger partial charge in [-0.05, 0) is 30.3 Å². The lowest BCUT2D eigenvalue weighted by atomic mass is 9.83. The summed E-state index contributed by atoms with van der Waals surface area (Å²) < 4.78 is 0. The van der Waals surface area contributed by atoms with Crippen LogP contribution in [0.2, 0.25) is 0 Å². The molecule has 2 heteroatoms. The van der Waals surface area contributed by atoms with Crippen LogP contribution in [-0.2, 0) is 0 Å². The fourth-order valence-electron chi connectivity index (χ4n) is 2.78. The van der Waals surface area contributed by atoms with Crippen molar-refractivity contribution in [2.75, 3.05) is 0 Å². The minimum atomic E-state index is -0.419. The van der Waals surface area contributed by atoms with Gasteiger partial charge in [-0.3, -0.25) is 0 Å². The quantitative estimate of drug-likeness (QED) is 0.681. The Morgan fingerprint density at radius 3 is 2.28 bits per heavy atom. The van der Waals surface area contributed by atoms with Crippen molar-refractivity contribution in [3.05, 3.63) is 11.3 Å². The second-order valence-electron chi connectivity index (χ2n) is 6.13. The standard InChI is InChI=1S/C16H30O2/c1-4-14(10-13-8-6-5-7-9-13)16(18)11-15(17)12(2)3/h12-13,15,17-18H,4-11H2,1-3H3/b16-14+. The largest absolute Gasteiger partial charge is 0.512 e. The van der Waals surface area contributed by atoms with Crippen molar-refractivity contribution in [2.24, 2.45) is 11.8 Å². The third-order valence-electron chi connectivity index (χ3n) is 4.27. The molecule has 0 saturated heterocycles. The van der Waals surface area contributed by atoms with E-state index in [4.69, 9.17) is 0 Å². The van der Waals surface area contributed by atoms with Gasteiger partial charge in [0.2, 0.25) is 0 Å². The predicted octanol–water partition coefficient (Wildman–Crippen LogP) is 4.59. The topological polar surface area (TPSA) is 40.5 Å². The van der Waals surface area contributed by atoms with Crippen LogP contribution in [0.25, 0.3) is 0 Å². The summed E-state index contributed by atoms with van der Waals surface area (Å²) in [7, 11) is 0. The highest BCUT2D eigenvalue weighted by molar-refractivity contribution is 5.09. The van der Waals surface area contributed by atoms with Crippen LogP contribution in [0.1, 0.15) is 72.1 Å². The van der Waals surface area contributed by atoms with E-state index in [0.29, 0.717) is 12.2 Å². The maximum atomic E-state index is 10.2. The van der Waals surface area contributed by atoms with Crippen molar-refractivity contribution < 1.29 is 10.2 Å². The van der Waals surface area contributed by atoms with E-state index in [2.05, 4.69) is 6.92 Å². The molecule has 1 fully saturated rings. The Kier molecular flexibility index (Phi) is 6.77. The van der Waals surface area contributed by atoms with Crippen molar-refractivity contribution in [2.45, 2.75) is 78.2 Å². The van der Waals surface area contributed by atoms with E-state index in [9.17, 15) is 10.2 Å². The lowest BCUT2D eigenvalue weighted by Gasteiger charge is -2.23. The van der Waals surface area contributed by atoms with Gasteiger partial charge < -0.3 is 10.2 Å². The van der Waals surface area contributed by atoms with E-state index < -0.39 is 6.10 Å². The van der Waals surface area contributed by atoms with Gasteiger partial charge in [-0.15, -0.1) is 0 Å². The number of hydrogen-bond donors (Lipinski definition) is 2. The van der Waals surface area contributed by atoms with Crippen LogP contribution < -0.4 is 0 Å². The summed E-state index contributed by atoms with van der Waals surface area (Å²) in [5.41, 5.74) is 1.17. The molecule has 2 nitrogen and oxygen atoms in total. The molecule has 1 aliphatic carbocycles. The van der Waals surface area contributed by atoms with Crippen LogP contribution in [0.5, 0.6) is 0 Å². The first-order valence-electron chi connectivity index (χ1n) is 7.62. The average molecular weight is 254 g/mol. The third kappa shape index (κ3) is 5.01. The average Bonchev–Trinajstić information content (AvgIpc) is 2.36.